The van der Waals surface area contributed by atoms with Gasteiger partial charge in [0, 0.05) is 22.6 Å². The second-order valence-corrected chi connectivity index (χ2v) is 8.17. The van der Waals surface area contributed by atoms with E-state index in [9.17, 15) is 9.90 Å². The molecule has 0 radical (unpaired) electrons. The van der Waals surface area contributed by atoms with Crippen LogP contribution in [0.3, 0.4) is 0 Å². The van der Waals surface area contributed by atoms with E-state index < -0.39 is 22.9 Å². The lowest BCUT2D eigenvalue weighted by molar-refractivity contribution is -0.0806. The summed E-state index contributed by atoms with van der Waals surface area (Å²) in [4.78, 5) is 13.7. The fourth-order valence-electron chi connectivity index (χ4n) is 4.41. The smallest absolute Gasteiger partial charge is 0.206 e. The average molecular weight is 410 g/mol. The second-order valence-electron chi connectivity index (χ2n) is 8.17. The lowest BCUT2D eigenvalue weighted by Gasteiger charge is -2.44. The van der Waals surface area contributed by atoms with Gasteiger partial charge in [-0.05, 0) is 24.3 Å². The molecule has 0 saturated heterocycles. The van der Waals surface area contributed by atoms with Gasteiger partial charge in [-0.3, -0.25) is 4.79 Å². The van der Waals surface area contributed by atoms with Crippen LogP contribution in [0.4, 0.5) is 0 Å². The number of benzene rings is 2. The molecule has 3 aliphatic rings. The van der Waals surface area contributed by atoms with E-state index in [0.29, 0.717) is 39.9 Å². The average Bonchev–Trinajstić information content (AvgIpc) is 2.73. The highest BCUT2D eigenvalue weighted by atomic mass is 16.6. The molecule has 30 heavy (non-hydrogen) atoms. The number of allylic oxidation sites excluding steroid dienone is 1. The summed E-state index contributed by atoms with van der Waals surface area (Å²) in [6.07, 6.45) is 2.62. The zero-order chi connectivity index (χ0) is 21.3. The van der Waals surface area contributed by atoms with Crippen molar-refractivity contribution in [1.82, 2.24) is 0 Å². The fourth-order valence-corrected chi connectivity index (χ4v) is 4.41. The number of ketones is 1. The zero-order valence-electron chi connectivity index (χ0n) is 17.1. The predicted molar refractivity (Wildman–Crippen MR) is 107 cm³/mol. The molecule has 0 aromatic heterocycles. The minimum atomic E-state index is -1.91. The molecule has 7 nitrogen and oxygen atoms in total. The van der Waals surface area contributed by atoms with E-state index in [2.05, 4.69) is 0 Å². The molecule has 5 rings (SSSR count). The Balaban J connectivity index is 1.70. The minimum Gasteiger partial charge on any atom is -0.493 e. The standard InChI is InChI=1S/C23H22O7/c1-22(2)7-8-28-14-6-5-12-20(19(14)22)30-18-11-29-15-10-17(27-4)16(26-3)9-13(15)23(18,25)21(12)24/h5-10,18,25H,11H2,1-4H3. The summed E-state index contributed by atoms with van der Waals surface area (Å²) < 4.78 is 28.4. The van der Waals surface area contributed by atoms with E-state index in [4.69, 9.17) is 23.7 Å². The van der Waals surface area contributed by atoms with Crippen molar-refractivity contribution in [3.05, 3.63) is 53.3 Å². The number of carbonyl (C=O) groups excluding carboxylic acids is 1. The van der Waals surface area contributed by atoms with Gasteiger partial charge in [0.25, 0.3) is 0 Å². The Hall–Kier alpha value is -3.19. The second kappa shape index (κ2) is 6.15. The largest absolute Gasteiger partial charge is 0.493 e. The van der Waals surface area contributed by atoms with Crippen molar-refractivity contribution in [2.75, 3.05) is 20.8 Å². The van der Waals surface area contributed by atoms with Gasteiger partial charge in [-0.15, -0.1) is 0 Å². The molecule has 0 saturated carbocycles. The highest BCUT2D eigenvalue weighted by Crippen LogP contribution is 2.53. The number of ether oxygens (including phenoxy) is 5. The number of aliphatic hydroxyl groups is 1. The Labute approximate surface area is 173 Å². The molecule has 2 aromatic rings. The molecule has 2 atom stereocenters. The van der Waals surface area contributed by atoms with Crippen LogP contribution in [-0.4, -0.2) is 37.8 Å². The first kappa shape index (κ1) is 18.8. The summed E-state index contributed by atoms with van der Waals surface area (Å²) in [7, 11) is 3.00. The molecular formula is C23H22O7. The lowest BCUT2D eigenvalue weighted by Crippen LogP contribution is -2.57. The SMILES string of the molecule is COc1cc2c(cc1OC)C1(O)C(=O)c3ccc4c(c3OC1CO2)C(C)(C)C=CO4. The Morgan fingerprint density at radius 3 is 2.57 bits per heavy atom. The van der Waals surface area contributed by atoms with E-state index in [1.54, 1.807) is 30.5 Å². The molecular weight excluding hydrogens is 388 g/mol. The maximum absolute atomic E-state index is 13.7. The summed E-state index contributed by atoms with van der Waals surface area (Å²) in [5.74, 6) is 1.80. The van der Waals surface area contributed by atoms with Crippen molar-refractivity contribution in [3.8, 4) is 28.7 Å². The molecule has 2 aromatic carbocycles. The van der Waals surface area contributed by atoms with E-state index in [1.165, 1.54) is 14.2 Å². The van der Waals surface area contributed by atoms with Crippen LogP contribution in [0.5, 0.6) is 28.7 Å². The number of fused-ring (bicyclic) bond motifs is 6. The highest BCUT2D eigenvalue weighted by Gasteiger charge is 2.57. The van der Waals surface area contributed by atoms with Crippen LogP contribution >= 0.6 is 0 Å². The van der Waals surface area contributed by atoms with Crippen LogP contribution in [0, 0.1) is 0 Å². The Morgan fingerprint density at radius 2 is 1.83 bits per heavy atom. The first-order valence-corrected chi connectivity index (χ1v) is 9.66. The Morgan fingerprint density at radius 1 is 1.10 bits per heavy atom. The summed E-state index contributed by atoms with van der Waals surface area (Å²) in [5, 5.41) is 11.7. The van der Waals surface area contributed by atoms with Crippen LogP contribution in [0.15, 0.2) is 36.6 Å². The first-order chi connectivity index (χ1) is 14.3. The highest BCUT2D eigenvalue weighted by molar-refractivity contribution is 6.07. The third-order valence-electron chi connectivity index (χ3n) is 6.05. The molecule has 0 bridgehead atoms. The topological polar surface area (TPSA) is 83.5 Å². The van der Waals surface area contributed by atoms with Gasteiger partial charge >= 0.3 is 0 Å². The molecule has 0 aliphatic carbocycles. The van der Waals surface area contributed by atoms with Gasteiger partial charge in [-0.2, -0.15) is 0 Å². The van der Waals surface area contributed by atoms with Crippen molar-refractivity contribution < 1.29 is 33.6 Å². The molecule has 0 amide bonds. The number of carbonyl (C=O) groups is 1. The van der Waals surface area contributed by atoms with Crippen molar-refractivity contribution in [2.45, 2.75) is 31.0 Å². The molecule has 2 unspecified atom stereocenters. The van der Waals surface area contributed by atoms with Crippen LogP contribution < -0.4 is 23.7 Å². The molecule has 3 heterocycles. The summed E-state index contributed by atoms with van der Waals surface area (Å²) in [6.45, 7) is 4.04. The lowest BCUT2D eigenvalue weighted by atomic mass is 9.74. The molecule has 3 aliphatic heterocycles. The zero-order valence-corrected chi connectivity index (χ0v) is 17.1. The first-order valence-electron chi connectivity index (χ1n) is 9.66. The quantitative estimate of drug-likeness (QED) is 0.814. The maximum Gasteiger partial charge on any atom is 0.206 e. The van der Waals surface area contributed by atoms with E-state index in [0.717, 1.165) is 5.56 Å². The fraction of sp³-hybridized carbons (Fsp3) is 0.348. The number of hydrogen-bond donors (Lipinski definition) is 1. The van der Waals surface area contributed by atoms with Crippen molar-refractivity contribution in [2.24, 2.45) is 0 Å². The third kappa shape index (κ3) is 2.32. The number of methoxy groups -OCH3 is 2. The van der Waals surface area contributed by atoms with Gasteiger partial charge in [0.05, 0.1) is 26.0 Å². The van der Waals surface area contributed by atoms with Crippen molar-refractivity contribution in [1.29, 1.82) is 0 Å². The maximum atomic E-state index is 13.7. The summed E-state index contributed by atoms with van der Waals surface area (Å²) >= 11 is 0. The van der Waals surface area contributed by atoms with Crippen LogP contribution in [0.1, 0.15) is 35.3 Å². The molecule has 1 N–H and O–H groups in total. The van der Waals surface area contributed by atoms with E-state index in [1.807, 2.05) is 19.9 Å². The number of hydrogen-bond acceptors (Lipinski definition) is 7. The van der Waals surface area contributed by atoms with Gasteiger partial charge in [0.2, 0.25) is 5.78 Å². The van der Waals surface area contributed by atoms with Crippen LogP contribution in [-0.2, 0) is 11.0 Å². The summed E-state index contributed by atoms with van der Waals surface area (Å²) in [5.41, 5.74) is -0.943. The van der Waals surface area contributed by atoms with Gasteiger partial charge < -0.3 is 28.8 Å². The molecule has 156 valence electrons. The normalized spacial score (nSPS) is 24.8. The molecule has 0 fully saturated rings. The van der Waals surface area contributed by atoms with Gasteiger partial charge in [0.15, 0.2) is 23.2 Å². The third-order valence-corrected chi connectivity index (χ3v) is 6.05. The van der Waals surface area contributed by atoms with Crippen molar-refractivity contribution in [3.63, 3.8) is 0 Å². The number of rotatable bonds is 2. The van der Waals surface area contributed by atoms with Crippen molar-refractivity contribution >= 4 is 5.78 Å². The van der Waals surface area contributed by atoms with E-state index >= 15 is 0 Å². The van der Waals surface area contributed by atoms with Crippen LogP contribution in [0.2, 0.25) is 0 Å². The Kier molecular flexibility index (Phi) is 3.86. The minimum absolute atomic E-state index is 0.00492. The van der Waals surface area contributed by atoms with Gasteiger partial charge in [-0.25, -0.2) is 0 Å². The molecule has 7 heteroatoms. The summed E-state index contributed by atoms with van der Waals surface area (Å²) in [6, 6.07) is 6.55. The van der Waals surface area contributed by atoms with Gasteiger partial charge in [0.1, 0.15) is 23.9 Å². The van der Waals surface area contributed by atoms with Crippen LogP contribution in [0.25, 0.3) is 0 Å². The van der Waals surface area contributed by atoms with E-state index in [-0.39, 0.29) is 6.61 Å². The number of Topliss-reactive ketones (excluding diaryl/α,β-unsaturated/α-hetero) is 1. The van der Waals surface area contributed by atoms with Gasteiger partial charge in [-0.1, -0.05) is 13.8 Å². The molecule has 0 spiro atoms. The monoisotopic (exact) mass is 410 g/mol. The predicted octanol–water partition coefficient (Wildman–Crippen LogP) is 3.11. The Bertz CT molecular complexity index is 1100.